The van der Waals surface area contributed by atoms with E-state index < -0.39 is 0 Å². The molecule has 0 saturated heterocycles. The molecular formula is C9H12ClN3O. The molecule has 0 aliphatic rings. The second-order valence-electron chi connectivity index (χ2n) is 3.14. The summed E-state index contributed by atoms with van der Waals surface area (Å²) >= 11 is 5.85. The third kappa shape index (κ3) is 2.19. The van der Waals surface area contributed by atoms with E-state index in [0.717, 1.165) is 0 Å². The third-order valence-electron chi connectivity index (χ3n) is 1.71. The van der Waals surface area contributed by atoms with E-state index in [1.807, 2.05) is 13.0 Å². The van der Waals surface area contributed by atoms with Crippen molar-refractivity contribution in [1.82, 2.24) is 4.73 Å². The quantitative estimate of drug-likeness (QED) is 0.818. The Labute approximate surface area is 87.8 Å². The lowest BCUT2D eigenvalue weighted by Gasteiger charge is -2.11. The topological polar surface area (TPSA) is 64.0 Å². The summed E-state index contributed by atoms with van der Waals surface area (Å²) in [5.74, 6) is 0. The highest BCUT2D eigenvalue weighted by molar-refractivity contribution is 6.31. The van der Waals surface area contributed by atoms with Gasteiger partial charge in [0.15, 0.2) is 5.69 Å². The van der Waals surface area contributed by atoms with Crippen LogP contribution in [0.3, 0.4) is 0 Å². The lowest BCUT2D eigenvalue weighted by atomic mass is 10.4. The molecule has 0 amide bonds. The van der Waals surface area contributed by atoms with Gasteiger partial charge in [-0.15, -0.1) is 0 Å². The van der Waals surface area contributed by atoms with Crippen LogP contribution < -0.4 is 10.6 Å². The molecule has 1 heterocycles. The van der Waals surface area contributed by atoms with Gasteiger partial charge in [0.25, 0.3) is 0 Å². The molecule has 1 unspecified atom stereocenters. The number of rotatable bonds is 3. The van der Waals surface area contributed by atoms with E-state index in [1.165, 1.54) is 4.73 Å². The predicted octanol–water partition coefficient (Wildman–Crippen LogP) is 1.10. The standard InChI is InChI=1S/C9H12ClN3O/c1-6(12)5-14-13-7(2)9(10)3-8(13)4-11/h3,6H,5,12H2,1-2H3. The van der Waals surface area contributed by atoms with Crippen molar-refractivity contribution in [3.63, 3.8) is 0 Å². The molecule has 1 aromatic heterocycles. The predicted molar refractivity (Wildman–Crippen MR) is 54.0 cm³/mol. The van der Waals surface area contributed by atoms with Crippen molar-refractivity contribution in [2.75, 3.05) is 6.61 Å². The van der Waals surface area contributed by atoms with E-state index in [1.54, 1.807) is 13.0 Å². The van der Waals surface area contributed by atoms with Gasteiger partial charge < -0.3 is 10.6 Å². The van der Waals surface area contributed by atoms with E-state index in [-0.39, 0.29) is 6.04 Å². The Morgan fingerprint density at radius 1 is 1.79 bits per heavy atom. The highest BCUT2D eigenvalue weighted by Crippen LogP contribution is 2.18. The summed E-state index contributed by atoms with van der Waals surface area (Å²) in [5, 5.41) is 9.30. The second kappa shape index (κ2) is 4.36. The zero-order valence-corrected chi connectivity index (χ0v) is 8.88. The van der Waals surface area contributed by atoms with Gasteiger partial charge in [0.1, 0.15) is 12.7 Å². The maximum Gasteiger partial charge on any atom is 0.158 e. The van der Waals surface area contributed by atoms with Crippen LogP contribution in [0.15, 0.2) is 6.07 Å². The van der Waals surface area contributed by atoms with Gasteiger partial charge >= 0.3 is 0 Å². The molecule has 5 heteroatoms. The van der Waals surface area contributed by atoms with E-state index in [0.29, 0.717) is 23.0 Å². The van der Waals surface area contributed by atoms with Gasteiger partial charge in [-0.3, -0.25) is 0 Å². The van der Waals surface area contributed by atoms with Gasteiger partial charge in [-0.1, -0.05) is 11.6 Å². The zero-order chi connectivity index (χ0) is 10.7. The first kappa shape index (κ1) is 10.9. The SMILES string of the molecule is Cc1c(Cl)cc(C#N)n1OCC(C)N. The summed E-state index contributed by atoms with van der Waals surface area (Å²) in [6.45, 7) is 3.96. The van der Waals surface area contributed by atoms with Crippen LogP contribution in [0.4, 0.5) is 0 Å². The molecule has 0 aliphatic heterocycles. The van der Waals surface area contributed by atoms with Crippen LogP contribution >= 0.6 is 11.6 Å². The van der Waals surface area contributed by atoms with Gasteiger partial charge in [0.2, 0.25) is 0 Å². The van der Waals surface area contributed by atoms with Crippen LogP contribution in [-0.2, 0) is 0 Å². The van der Waals surface area contributed by atoms with Gasteiger partial charge in [0.05, 0.1) is 10.7 Å². The lowest BCUT2D eigenvalue weighted by molar-refractivity contribution is 0.0965. The van der Waals surface area contributed by atoms with Crippen molar-refractivity contribution in [2.45, 2.75) is 19.9 Å². The zero-order valence-electron chi connectivity index (χ0n) is 8.12. The van der Waals surface area contributed by atoms with Crippen molar-refractivity contribution in [3.05, 3.63) is 22.5 Å². The Bertz CT molecular complexity index is 365. The highest BCUT2D eigenvalue weighted by Gasteiger charge is 2.11. The minimum Gasteiger partial charge on any atom is -0.411 e. The summed E-state index contributed by atoms with van der Waals surface area (Å²) in [6, 6.07) is 3.48. The number of nitriles is 1. The van der Waals surface area contributed by atoms with Crippen LogP contribution in [0.1, 0.15) is 18.3 Å². The average Bonchev–Trinajstić information content (AvgIpc) is 2.40. The van der Waals surface area contributed by atoms with Crippen LogP contribution in [-0.4, -0.2) is 17.4 Å². The maximum absolute atomic E-state index is 8.78. The molecule has 0 saturated carbocycles. The van der Waals surface area contributed by atoms with Crippen molar-refractivity contribution >= 4 is 11.6 Å². The van der Waals surface area contributed by atoms with E-state index >= 15 is 0 Å². The largest absolute Gasteiger partial charge is 0.411 e. The Morgan fingerprint density at radius 2 is 2.43 bits per heavy atom. The Kier molecular flexibility index (Phi) is 3.39. The first-order chi connectivity index (χ1) is 6.56. The Morgan fingerprint density at radius 3 is 2.93 bits per heavy atom. The van der Waals surface area contributed by atoms with E-state index in [4.69, 9.17) is 27.4 Å². The first-order valence-corrected chi connectivity index (χ1v) is 4.61. The fourth-order valence-corrected chi connectivity index (χ4v) is 1.18. The van der Waals surface area contributed by atoms with Crippen molar-refractivity contribution in [3.8, 4) is 6.07 Å². The number of hydrogen-bond acceptors (Lipinski definition) is 3. The summed E-state index contributed by atoms with van der Waals surface area (Å²) < 4.78 is 1.41. The molecule has 0 aliphatic carbocycles. The number of aromatic nitrogens is 1. The summed E-state index contributed by atoms with van der Waals surface area (Å²) in [5.41, 5.74) is 6.63. The number of nitrogens with zero attached hydrogens (tertiary/aromatic N) is 2. The van der Waals surface area contributed by atoms with Crippen LogP contribution in [0.2, 0.25) is 5.02 Å². The number of nitrogens with two attached hydrogens (primary N) is 1. The van der Waals surface area contributed by atoms with Crippen molar-refractivity contribution in [2.24, 2.45) is 5.73 Å². The van der Waals surface area contributed by atoms with E-state index in [9.17, 15) is 0 Å². The molecule has 76 valence electrons. The van der Waals surface area contributed by atoms with Gasteiger partial charge in [0, 0.05) is 6.04 Å². The monoisotopic (exact) mass is 213 g/mol. The van der Waals surface area contributed by atoms with Gasteiger partial charge in [-0.25, -0.2) is 0 Å². The Hall–Kier alpha value is -1.18. The fraction of sp³-hybridized carbons (Fsp3) is 0.444. The van der Waals surface area contributed by atoms with Crippen molar-refractivity contribution < 1.29 is 4.84 Å². The van der Waals surface area contributed by atoms with Crippen molar-refractivity contribution in [1.29, 1.82) is 5.26 Å². The second-order valence-corrected chi connectivity index (χ2v) is 3.55. The van der Waals surface area contributed by atoms with Gasteiger partial charge in [-0.2, -0.15) is 9.99 Å². The minimum atomic E-state index is -0.0814. The minimum absolute atomic E-state index is 0.0814. The van der Waals surface area contributed by atoms with Gasteiger partial charge in [-0.05, 0) is 19.9 Å². The molecule has 4 nitrogen and oxygen atoms in total. The maximum atomic E-state index is 8.78. The normalized spacial score (nSPS) is 12.2. The lowest BCUT2D eigenvalue weighted by Crippen LogP contribution is -2.29. The van der Waals surface area contributed by atoms with Crippen LogP contribution in [0.5, 0.6) is 0 Å². The molecule has 2 N–H and O–H groups in total. The highest BCUT2D eigenvalue weighted by atomic mass is 35.5. The average molecular weight is 214 g/mol. The third-order valence-corrected chi connectivity index (χ3v) is 2.10. The molecule has 0 bridgehead atoms. The Balaban J connectivity index is 2.90. The van der Waals surface area contributed by atoms with Crippen LogP contribution in [0, 0.1) is 18.3 Å². The molecule has 1 atom stereocenters. The van der Waals surface area contributed by atoms with E-state index in [2.05, 4.69) is 0 Å². The number of hydrogen-bond donors (Lipinski definition) is 1. The number of halogens is 1. The molecule has 14 heavy (non-hydrogen) atoms. The summed E-state index contributed by atoms with van der Waals surface area (Å²) in [4.78, 5) is 5.33. The van der Waals surface area contributed by atoms with Crippen LogP contribution in [0.25, 0.3) is 0 Å². The molecule has 0 spiro atoms. The molecular weight excluding hydrogens is 202 g/mol. The molecule has 1 aromatic rings. The first-order valence-electron chi connectivity index (χ1n) is 4.23. The molecule has 0 aromatic carbocycles. The fourth-order valence-electron chi connectivity index (χ4n) is 0.997. The smallest absolute Gasteiger partial charge is 0.158 e. The summed E-state index contributed by atoms with van der Waals surface area (Å²) in [6.07, 6.45) is 0. The molecule has 1 rings (SSSR count). The molecule has 0 fully saturated rings. The summed E-state index contributed by atoms with van der Waals surface area (Å²) in [7, 11) is 0. The molecule has 0 radical (unpaired) electrons.